The van der Waals surface area contributed by atoms with Gasteiger partial charge in [0.15, 0.2) is 0 Å². The van der Waals surface area contributed by atoms with E-state index in [1.54, 1.807) is 0 Å². The molecule has 0 saturated heterocycles. The molecular weight excluding hydrogens is 188 g/mol. The first-order chi connectivity index (χ1) is 7.26. The maximum atomic E-state index is 11.8. The van der Waals surface area contributed by atoms with Gasteiger partial charge in [-0.05, 0) is 37.5 Å². The van der Waals surface area contributed by atoms with E-state index in [0.29, 0.717) is 12.3 Å². The summed E-state index contributed by atoms with van der Waals surface area (Å²) in [5.41, 5.74) is 0. The van der Waals surface area contributed by atoms with E-state index >= 15 is 0 Å². The first kappa shape index (κ1) is 10.5. The quantitative estimate of drug-likeness (QED) is 0.746. The molecule has 0 aromatic carbocycles. The highest BCUT2D eigenvalue weighted by Gasteiger charge is 2.51. The lowest BCUT2D eigenvalue weighted by molar-refractivity contribution is -0.123. The van der Waals surface area contributed by atoms with Crippen molar-refractivity contribution in [2.45, 2.75) is 45.1 Å². The topological polar surface area (TPSA) is 52.9 Å². The number of carbonyl (C=O) groups is 1. The minimum atomic E-state index is 0.0583. The average Bonchev–Trinajstić information content (AvgIpc) is 3.03. The van der Waals surface area contributed by atoms with Crippen LogP contribution >= 0.6 is 0 Å². The molecule has 2 aliphatic carbocycles. The number of hydrogen-bond donors (Lipinski definition) is 1. The third-order valence-corrected chi connectivity index (χ3v) is 3.58. The van der Waals surface area contributed by atoms with Crippen LogP contribution < -0.4 is 5.32 Å². The predicted octanol–water partition coefficient (Wildman–Crippen LogP) is 1.84. The van der Waals surface area contributed by atoms with Crippen molar-refractivity contribution in [1.82, 2.24) is 5.32 Å². The molecule has 0 radical (unpaired) electrons. The van der Waals surface area contributed by atoms with Crippen LogP contribution in [0.1, 0.15) is 39.0 Å². The first-order valence-electron chi connectivity index (χ1n) is 5.93. The Labute approximate surface area is 90.8 Å². The highest BCUT2D eigenvalue weighted by molar-refractivity contribution is 5.82. The highest BCUT2D eigenvalue weighted by Crippen LogP contribution is 2.54. The SMILES string of the molecule is CC[C@H](CC#N)NC(=O)[C@H]1C[C@H]1C1CC1. The summed E-state index contributed by atoms with van der Waals surface area (Å²) in [6.45, 7) is 2.01. The molecule has 2 rings (SSSR count). The number of nitriles is 1. The van der Waals surface area contributed by atoms with E-state index in [-0.39, 0.29) is 17.9 Å². The fourth-order valence-corrected chi connectivity index (χ4v) is 2.28. The van der Waals surface area contributed by atoms with Crippen molar-refractivity contribution in [3.63, 3.8) is 0 Å². The van der Waals surface area contributed by atoms with Gasteiger partial charge in [0.2, 0.25) is 5.91 Å². The molecule has 3 atom stereocenters. The van der Waals surface area contributed by atoms with Gasteiger partial charge in [0.1, 0.15) is 0 Å². The summed E-state index contributed by atoms with van der Waals surface area (Å²) in [7, 11) is 0. The Bertz CT molecular complexity index is 290. The largest absolute Gasteiger partial charge is 0.352 e. The van der Waals surface area contributed by atoms with Crippen LogP contribution in [0.2, 0.25) is 0 Å². The summed E-state index contributed by atoms with van der Waals surface area (Å²) in [6.07, 6.45) is 5.01. The fourth-order valence-electron chi connectivity index (χ4n) is 2.28. The average molecular weight is 206 g/mol. The summed E-state index contributed by atoms with van der Waals surface area (Å²) < 4.78 is 0. The number of hydrogen-bond acceptors (Lipinski definition) is 2. The summed E-state index contributed by atoms with van der Waals surface area (Å²) in [6, 6.07) is 2.17. The van der Waals surface area contributed by atoms with Crippen LogP contribution in [0.3, 0.4) is 0 Å². The molecule has 2 saturated carbocycles. The molecule has 0 bridgehead atoms. The van der Waals surface area contributed by atoms with E-state index in [1.807, 2.05) is 6.92 Å². The van der Waals surface area contributed by atoms with Gasteiger partial charge in [-0.25, -0.2) is 0 Å². The second-order valence-corrected chi connectivity index (χ2v) is 4.82. The summed E-state index contributed by atoms with van der Waals surface area (Å²) in [5.74, 6) is 1.97. The van der Waals surface area contributed by atoms with Crippen molar-refractivity contribution in [2.75, 3.05) is 0 Å². The van der Waals surface area contributed by atoms with Gasteiger partial charge in [0, 0.05) is 12.0 Å². The minimum Gasteiger partial charge on any atom is -0.352 e. The molecule has 0 aromatic heterocycles. The summed E-state index contributed by atoms with van der Waals surface area (Å²) in [4.78, 5) is 11.8. The molecule has 1 amide bonds. The summed E-state index contributed by atoms with van der Waals surface area (Å²) >= 11 is 0. The van der Waals surface area contributed by atoms with Gasteiger partial charge >= 0.3 is 0 Å². The molecule has 3 heteroatoms. The van der Waals surface area contributed by atoms with Crippen molar-refractivity contribution >= 4 is 5.91 Å². The van der Waals surface area contributed by atoms with E-state index < -0.39 is 0 Å². The van der Waals surface area contributed by atoms with Crippen molar-refractivity contribution in [3.8, 4) is 6.07 Å². The molecule has 1 N–H and O–H groups in total. The van der Waals surface area contributed by atoms with Gasteiger partial charge in [-0.2, -0.15) is 5.26 Å². The van der Waals surface area contributed by atoms with Gasteiger partial charge in [-0.15, -0.1) is 0 Å². The predicted molar refractivity (Wildman–Crippen MR) is 56.8 cm³/mol. The third-order valence-electron chi connectivity index (χ3n) is 3.58. The highest BCUT2D eigenvalue weighted by atomic mass is 16.2. The van der Waals surface area contributed by atoms with Gasteiger partial charge in [0.25, 0.3) is 0 Å². The Morgan fingerprint density at radius 2 is 2.33 bits per heavy atom. The molecule has 0 unspecified atom stereocenters. The molecule has 0 aliphatic heterocycles. The molecular formula is C12H18N2O. The number of amides is 1. The van der Waals surface area contributed by atoms with Crippen LogP contribution in [-0.2, 0) is 4.79 Å². The lowest BCUT2D eigenvalue weighted by Gasteiger charge is -2.13. The second-order valence-electron chi connectivity index (χ2n) is 4.82. The number of nitrogens with zero attached hydrogens (tertiary/aromatic N) is 1. The van der Waals surface area contributed by atoms with Crippen molar-refractivity contribution < 1.29 is 4.79 Å². The monoisotopic (exact) mass is 206 g/mol. The molecule has 2 aliphatic rings. The van der Waals surface area contributed by atoms with Crippen LogP contribution in [0.25, 0.3) is 0 Å². The first-order valence-corrected chi connectivity index (χ1v) is 5.93. The Morgan fingerprint density at radius 1 is 1.60 bits per heavy atom. The van der Waals surface area contributed by atoms with Crippen LogP contribution in [0.5, 0.6) is 0 Å². The Hall–Kier alpha value is -1.04. The maximum absolute atomic E-state index is 11.8. The molecule has 0 heterocycles. The zero-order chi connectivity index (χ0) is 10.8. The van der Waals surface area contributed by atoms with Gasteiger partial charge in [-0.1, -0.05) is 6.92 Å². The number of nitrogens with one attached hydrogen (secondary N) is 1. The van der Waals surface area contributed by atoms with Crippen LogP contribution in [0.4, 0.5) is 0 Å². The lowest BCUT2D eigenvalue weighted by Crippen LogP contribution is -2.35. The van der Waals surface area contributed by atoms with Gasteiger partial charge in [0.05, 0.1) is 12.5 Å². The Kier molecular flexibility index (Phi) is 2.95. The van der Waals surface area contributed by atoms with Crippen molar-refractivity contribution in [1.29, 1.82) is 5.26 Å². The van der Waals surface area contributed by atoms with E-state index in [0.717, 1.165) is 18.8 Å². The zero-order valence-electron chi connectivity index (χ0n) is 9.20. The number of rotatable bonds is 5. The van der Waals surface area contributed by atoms with E-state index in [2.05, 4.69) is 11.4 Å². The molecule has 2 fully saturated rings. The third kappa shape index (κ3) is 2.50. The van der Waals surface area contributed by atoms with Crippen LogP contribution in [0, 0.1) is 29.1 Å². The van der Waals surface area contributed by atoms with Crippen molar-refractivity contribution in [2.24, 2.45) is 17.8 Å². The van der Waals surface area contributed by atoms with E-state index in [4.69, 9.17) is 5.26 Å². The molecule has 3 nitrogen and oxygen atoms in total. The zero-order valence-corrected chi connectivity index (χ0v) is 9.20. The second kappa shape index (κ2) is 4.22. The molecule has 15 heavy (non-hydrogen) atoms. The molecule has 0 aromatic rings. The van der Waals surface area contributed by atoms with Gasteiger partial charge in [-0.3, -0.25) is 4.79 Å². The smallest absolute Gasteiger partial charge is 0.223 e. The van der Waals surface area contributed by atoms with E-state index in [1.165, 1.54) is 12.8 Å². The minimum absolute atomic E-state index is 0.0583. The molecule has 82 valence electrons. The standard InChI is InChI=1S/C12H18N2O/c1-2-9(5-6-13)14-12(15)11-7-10(11)8-3-4-8/h8-11H,2-5,7H2,1H3,(H,14,15)/t9-,10+,11+/m1/s1. The number of carbonyl (C=O) groups excluding carboxylic acids is 1. The van der Waals surface area contributed by atoms with Crippen molar-refractivity contribution in [3.05, 3.63) is 0 Å². The lowest BCUT2D eigenvalue weighted by atomic mass is 10.1. The Balaban J connectivity index is 1.74. The Morgan fingerprint density at radius 3 is 2.87 bits per heavy atom. The normalized spacial score (nSPS) is 30.4. The van der Waals surface area contributed by atoms with Crippen LogP contribution in [0.15, 0.2) is 0 Å². The van der Waals surface area contributed by atoms with Crippen LogP contribution in [-0.4, -0.2) is 11.9 Å². The maximum Gasteiger partial charge on any atom is 0.223 e. The fraction of sp³-hybridized carbons (Fsp3) is 0.833. The molecule has 0 spiro atoms. The summed E-state index contributed by atoms with van der Waals surface area (Å²) in [5, 5.41) is 11.6. The van der Waals surface area contributed by atoms with E-state index in [9.17, 15) is 4.79 Å². The van der Waals surface area contributed by atoms with Gasteiger partial charge < -0.3 is 5.32 Å².